The SMILES string of the molecule is COc1cc2nc(N(C)C)oc(=O)c2cc1OC. The second-order valence-corrected chi connectivity index (χ2v) is 3.90. The van der Waals surface area contributed by atoms with E-state index in [1.54, 1.807) is 31.1 Å². The highest BCUT2D eigenvalue weighted by atomic mass is 16.5. The number of rotatable bonds is 3. The predicted molar refractivity (Wildman–Crippen MR) is 67.7 cm³/mol. The Balaban J connectivity index is 2.76. The van der Waals surface area contributed by atoms with Crippen molar-refractivity contribution in [1.29, 1.82) is 0 Å². The van der Waals surface area contributed by atoms with E-state index in [1.807, 2.05) is 0 Å². The molecule has 0 aliphatic carbocycles. The molecule has 0 aliphatic rings. The maximum atomic E-state index is 11.8. The summed E-state index contributed by atoms with van der Waals surface area (Å²) in [6.45, 7) is 0. The fourth-order valence-corrected chi connectivity index (χ4v) is 1.58. The lowest BCUT2D eigenvalue weighted by Gasteiger charge is -2.11. The lowest BCUT2D eigenvalue weighted by Crippen LogP contribution is -2.14. The van der Waals surface area contributed by atoms with Crippen molar-refractivity contribution >= 4 is 16.9 Å². The van der Waals surface area contributed by atoms with E-state index in [0.29, 0.717) is 22.4 Å². The van der Waals surface area contributed by atoms with Gasteiger partial charge < -0.3 is 18.8 Å². The van der Waals surface area contributed by atoms with Crippen molar-refractivity contribution in [1.82, 2.24) is 4.98 Å². The summed E-state index contributed by atoms with van der Waals surface area (Å²) in [5.74, 6) is 0.990. The van der Waals surface area contributed by atoms with Crippen molar-refractivity contribution < 1.29 is 13.9 Å². The predicted octanol–water partition coefficient (Wildman–Crippen LogP) is 1.27. The van der Waals surface area contributed by atoms with E-state index in [4.69, 9.17) is 13.9 Å². The Morgan fingerprint density at radius 1 is 1.17 bits per heavy atom. The molecule has 2 aromatic rings. The van der Waals surface area contributed by atoms with Crippen LogP contribution in [0.15, 0.2) is 21.3 Å². The summed E-state index contributed by atoms with van der Waals surface area (Å²) in [7, 11) is 6.53. The minimum absolute atomic E-state index is 0.250. The summed E-state index contributed by atoms with van der Waals surface area (Å²) >= 11 is 0. The van der Waals surface area contributed by atoms with Gasteiger partial charge in [0.2, 0.25) is 0 Å². The van der Waals surface area contributed by atoms with Gasteiger partial charge in [0, 0.05) is 26.2 Å². The van der Waals surface area contributed by atoms with Crippen LogP contribution in [0.1, 0.15) is 0 Å². The molecule has 0 amide bonds. The Morgan fingerprint density at radius 2 is 1.78 bits per heavy atom. The number of aromatic nitrogens is 1. The van der Waals surface area contributed by atoms with E-state index < -0.39 is 5.63 Å². The molecule has 2 rings (SSSR count). The summed E-state index contributed by atoms with van der Waals surface area (Å²) in [4.78, 5) is 17.7. The van der Waals surface area contributed by atoms with Gasteiger partial charge in [0.1, 0.15) is 0 Å². The number of hydrogen-bond donors (Lipinski definition) is 0. The molecule has 0 radical (unpaired) electrons. The van der Waals surface area contributed by atoms with Crippen molar-refractivity contribution in [2.75, 3.05) is 33.2 Å². The Bertz CT molecular complexity index is 634. The van der Waals surface area contributed by atoms with Crippen molar-refractivity contribution in [3.8, 4) is 11.5 Å². The molecule has 0 unspecified atom stereocenters. The third-order valence-corrected chi connectivity index (χ3v) is 2.50. The maximum absolute atomic E-state index is 11.8. The van der Waals surface area contributed by atoms with Gasteiger partial charge in [-0.3, -0.25) is 0 Å². The number of hydrogen-bond acceptors (Lipinski definition) is 6. The average Bonchev–Trinajstić information content (AvgIpc) is 2.36. The molecule has 0 aliphatic heterocycles. The lowest BCUT2D eigenvalue weighted by atomic mass is 10.2. The standard InChI is InChI=1S/C12H14N2O4/c1-14(2)12-13-8-6-10(17-4)9(16-3)5-7(8)11(15)18-12/h5-6H,1-4H3. The van der Waals surface area contributed by atoms with Gasteiger partial charge in [0.05, 0.1) is 25.1 Å². The van der Waals surface area contributed by atoms with Crippen LogP contribution in [0, 0.1) is 0 Å². The first-order valence-electron chi connectivity index (χ1n) is 5.31. The lowest BCUT2D eigenvalue weighted by molar-refractivity contribution is 0.355. The molecule has 6 heteroatoms. The molecule has 1 aromatic carbocycles. The van der Waals surface area contributed by atoms with Crippen LogP contribution < -0.4 is 20.0 Å². The molecule has 0 saturated carbocycles. The van der Waals surface area contributed by atoms with Crippen LogP contribution in [-0.2, 0) is 0 Å². The third-order valence-electron chi connectivity index (χ3n) is 2.50. The largest absolute Gasteiger partial charge is 0.493 e. The first-order chi connectivity index (χ1) is 8.56. The van der Waals surface area contributed by atoms with Crippen LogP contribution in [0.4, 0.5) is 6.01 Å². The molecule has 6 nitrogen and oxygen atoms in total. The molecule has 0 spiro atoms. The summed E-state index contributed by atoms with van der Waals surface area (Å²) < 4.78 is 15.4. The van der Waals surface area contributed by atoms with Crippen molar-refractivity contribution in [2.45, 2.75) is 0 Å². The molecule has 0 N–H and O–H groups in total. The molecular weight excluding hydrogens is 236 g/mol. The highest BCUT2D eigenvalue weighted by Gasteiger charge is 2.12. The number of methoxy groups -OCH3 is 2. The van der Waals surface area contributed by atoms with E-state index in [1.165, 1.54) is 14.2 Å². The topological polar surface area (TPSA) is 64.8 Å². The summed E-state index contributed by atoms with van der Waals surface area (Å²) in [6, 6.07) is 3.46. The van der Waals surface area contributed by atoms with Gasteiger partial charge in [0.25, 0.3) is 6.01 Å². The Morgan fingerprint density at radius 3 is 2.33 bits per heavy atom. The molecule has 1 heterocycles. The molecule has 18 heavy (non-hydrogen) atoms. The zero-order valence-corrected chi connectivity index (χ0v) is 10.7. The quantitative estimate of drug-likeness (QED) is 0.817. The second-order valence-electron chi connectivity index (χ2n) is 3.90. The minimum Gasteiger partial charge on any atom is -0.493 e. The van der Waals surface area contributed by atoms with E-state index in [0.717, 1.165) is 0 Å². The maximum Gasteiger partial charge on any atom is 0.348 e. The smallest absolute Gasteiger partial charge is 0.348 e. The summed E-state index contributed by atoms with van der Waals surface area (Å²) in [5, 5.41) is 0.359. The Labute approximate surface area is 104 Å². The molecule has 0 saturated heterocycles. The average molecular weight is 250 g/mol. The normalized spacial score (nSPS) is 10.4. The number of benzene rings is 1. The van der Waals surface area contributed by atoms with Gasteiger partial charge in [-0.25, -0.2) is 4.79 Å². The van der Waals surface area contributed by atoms with Crippen LogP contribution in [0.5, 0.6) is 11.5 Å². The molecule has 96 valence electrons. The minimum atomic E-state index is -0.454. The monoisotopic (exact) mass is 250 g/mol. The first kappa shape index (κ1) is 12.2. The van der Waals surface area contributed by atoms with Crippen molar-refractivity contribution in [2.24, 2.45) is 0 Å². The Kier molecular flexibility index (Phi) is 3.10. The van der Waals surface area contributed by atoms with Crippen LogP contribution in [0.3, 0.4) is 0 Å². The van der Waals surface area contributed by atoms with E-state index >= 15 is 0 Å². The van der Waals surface area contributed by atoms with E-state index in [-0.39, 0.29) is 6.01 Å². The molecule has 0 atom stereocenters. The van der Waals surface area contributed by atoms with Gasteiger partial charge in [-0.1, -0.05) is 0 Å². The van der Waals surface area contributed by atoms with Gasteiger partial charge >= 0.3 is 5.63 Å². The van der Waals surface area contributed by atoms with Gasteiger partial charge in [0.15, 0.2) is 11.5 Å². The number of fused-ring (bicyclic) bond motifs is 1. The number of anilines is 1. The number of nitrogens with zero attached hydrogens (tertiary/aromatic N) is 2. The summed E-state index contributed by atoms with van der Waals surface area (Å²) in [6.07, 6.45) is 0. The van der Waals surface area contributed by atoms with Crippen molar-refractivity contribution in [3.05, 3.63) is 22.6 Å². The molecule has 0 bridgehead atoms. The van der Waals surface area contributed by atoms with Gasteiger partial charge in [-0.05, 0) is 0 Å². The van der Waals surface area contributed by atoms with Crippen molar-refractivity contribution in [3.63, 3.8) is 0 Å². The highest BCUT2D eigenvalue weighted by Crippen LogP contribution is 2.30. The molecular formula is C12H14N2O4. The van der Waals surface area contributed by atoms with Crippen LogP contribution in [-0.4, -0.2) is 33.3 Å². The zero-order chi connectivity index (χ0) is 13.3. The van der Waals surface area contributed by atoms with E-state index in [9.17, 15) is 4.79 Å². The second kappa shape index (κ2) is 4.56. The number of ether oxygens (including phenoxy) is 2. The van der Waals surface area contributed by atoms with Crippen LogP contribution in [0.2, 0.25) is 0 Å². The fraction of sp³-hybridized carbons (Fsp3) is 0.333. The first-order valence-corrected chi connectivity index (χ1v) is 5.31. The van der Waals surface area contributed by atoms with Gasteiger partial charge in [-0.2, -0.15) is 4.98 Å². The Hall–Kier alpha value is -2.24. The van der Waals surface area contributed by atoms with Crippen LogP contribution >= 0.6 is 0 Å². The summed E-state index contributed by atoms with van der Waals surface area (Å²) in [5.41, 5.74) is 0.0530. The van der Waals surface area contributed by atoms with E-state index in [2.05, 4.69) is 4.98 Å². The van der Waals surface area contributed by atoms with Crippen LogP contribution in [0.25, 0.3) is 10.9 Å². The molecule has 1 aromatic heterocycles. The van der Waals surface area contributed by atoms with Gasteiger partial charge in [-0.15, -0.1) is 0 Å². The highest BCUT2D eigenvalue weighted by molar-refractivity contribution is 5.82. The zero-order valence-electron chi connectivity index (χ0n) is 10.7. The fourth-order valence-electron chi connectivity index (χ4n) is 1.58. The molecule has 0 fully saturated rings. The third kappa shape index (κ3) is 1.97.